The molecule has 146 valence electrons. The molecule has 0 aromatic heterocycles. The number of nitrogens with zero attached hydrogens (tertiary/aromatic N) is 2. The highest BCUT2D eigenvalue weighted by atomic mass is 32.2. The zero-order valence-electron chi connectivity index (χ0n) is 15.1. The number of aliphatic carboxylic acids is 1. The maximum Gasteiger partial charge on any atom is 0.303 e. The number of carbonyl (C=O) groups is 4. The summed E-state index contributed by atoms with van der Waals surface area (Å²) in [6.45, 7) is 1.67. The summed E-state index contributed by atoms with van der Waals surface area (Å²) in [6, 6.07) is 6.86. The van der Waals surface area contributed by atoms with E-state index in [0.29, 0.717) is 41.4 Å². The van der Waals surface area contributed by atoms with Crippen LogP contribution in [0.5, 0.6) is 0 Å². The largest absolute Gasteiger partial charge is 0.481 e. The number of para-hydroxylation sites is 1. The fourth-order valence-electron chi connectivity index (χ4n) is 3.21. The molecule has 0 aliphatic carbocycles. The third kappa shape index (κ3) is 3.72. The minimum absolute atomic E-state index is 0.0919. The van der Waals surface area contributed by atoms with Crippen molar-refractivity contribution in [3.8, 4) is 0 Å². The Kier molecular flexibility index (Phi) is 5.95. The quantitative estimate of drug-likeness (QED) is 0.431. The maximum atomic E-state index is 12.9. The molecule has 9 heteroatoms. The average molecular weight is 418 g/mol. The van der Waals surface area contributed by atoms with Crippen LogP contribution in [0.25, 0.3) is 5.57 Å². The number of hydrogen-bond acceptors (Lipinski definition) is 6. The molecular weight excluding hydrogens is 400 g/mol. The Labute approximate surface area is 171 Å². The van der Waals surface area contributed by atoms with Gasteiger partial charge >= 0.3 is 5.97 Å². The first-order valence-corrected chi connectivity index (χ1v) is 9.99. The van der Waals surface area contributed by atoms with E-state index in [1.165, 1.54) is 11.8 Å². The van der Waals surface area contributed by atoms with Crippen molar-refractivity contribution in [2.75, 3.05) is 11.4 Å². The fourth-order valence-corrected chi connectivity index (χ4v) is 4.59. The van der Waals surface area contributed by atoms with Gasteiger partial charge in [-0.15, -0.1) is 0 Å². The van der Waals surface area contributed by atoms with Gasteiger partial charge in [0.15, 0.2) is 0 Å². The van der Waals surface area contributed by atoms with Gasteiger partial charge in [0.05, 0.1) is 16.2 Å². The molecule has 28 heavy (non-hydrogen) atoms. The third-order valence-electron chi connectivity index (χ3n) is 4.49. The molecule has 2 aliphatic heterocycles. The molecular formula is C19H18N2O5S2. The van der Waals surface area contributed by atoms with E-state index in [1.54, 1.807) is 24.3 Å². The van der Waals surface area contributed by atoms with E-state index in [-0.39, 0.29) is 22.8 Å². The van der Waals surface area contributed by atoms with Gasteiger partial charge in [-0.1, -0.05) is 48.6 Å². The average Bonchev–Trinajstić information content (AvgIpc) is 3.07. The van der Waals surface area contributed by atoms with Crippen molar-refractivity contribution in [1.29, 1.82) is 0 Å². The van der Waals surface area contributed by atoms with Crippen molar-refractivity contribution in [3.63, 3.8) is 0 Å². The topological polar surface area (TPSA) is 95.0 Å². The second-order valence-corrected chi connectivity index (χ2v) is 8.05. The first-order valence-electron chi connectivity index (χ1n) is 8.77. The smallest absolute Gasteiger partial charge is 0.303 e. The number of hydrogen-bond donors (Lipinski definition) is 1. The van der Waals surface area contributed by atoms with Crippen LogP contribution in [0.4, 0.5) is 5.69 Å². The van der Waals surface area contributed by atoms with Gasteiger partial charge in [-0.2, -0.15) is 0 Å². The Bertz CT molecular complexity index is 925. The zero-order chi connectivity index (χ0) is 20.4. The predicted molar refractivity (Wildman–Crippen MR) is 110 cm³/mol. The number of amides is 3. The van der Waals surface area contributed by atoms with Gasteiger partial charge in [-0.3, -0.25) is 24.1 Å². The van der Waals surface area contributed by atoms with Crippen molar-refractivity contribution in [1.82, 2.24) is 4.90 Å². The monoisotopic (exact) mass is 418 g/mol. The molecule has 0 atom stereocenters. The summed E-state index contributed by atoms with van der Waals surface area (Å²) in [5.74, 6) is -2.13. The SMILES string of the molecule is CC(=O)N1C(=O)C(=C2SC(=S)N(CCCCCC(=O)O)C2=O)c2ccccc21. The van der Waals surface area contributed by atoms with Crippen LogP contribution in [0.2, 0.25) is 0 Å². The summed E-state index contributed by atoms with van der Waals surface area (Å²) in [7, 11) is 0. The molecule has 3 rings (SSSR count). The lowest BCUT2D eigenvalue weighted by molar-refractivity contribution is -0.137. The number of thiocarbonyl (C=S) groups is 1. The van der Waals surface area contributed by atoms with Gasteiger partial charge in [0.1, 0.15) is 4.32 Å². The molecule has 7 nitrogen and oxygen atoms in total. The lowest BCUT2D eigenvalue weighted by atomic mass is 10.1. The molecule has 0 unspecified atom stereocenters. The summed E-state index contributed by atoms with van der Waals surface area (Å²) < 4.78 is 0.359. The Morgan fingerprint density at radius 3 is 2.50 bits per heavy atom. The summed E-state index contributed by atoms with van der Waals surface area (Å²) in [4.78, 5) is 51.1. The number of thioether (sulfide) groups is 1. The minimum Gasteiger partial charge on any atom is -0.481 e. The van der Waals surface area contributed by atoms with E-state index >= 15 is 0 Å². The van der Waals surface area contributed by atoms with E-state index in [9.17, 15) is 19.2 Å². The van der Waals surface area contributed by atoms with Gasteiger partial charge in [0, 0.05) is 25.5 Å². The van der Waals surface area contributed by atoms with Crippen molar-refractivity contribution < 1.29 is 24.3 Å². The number of carboxylic acid groups (broad SMARTS) is 1. The van der Waals surface area contributed by atoms with Crippen LogP contribution in [0.15, 0.2) is 29.2 Å². The summed E-state index contributed by atoms with van der Waals surface area (Å²) in [5.41, 5.74) is 1.22. The summed E-state index contributed by atoms with van der Waals surface area (Å²) in [6.07, 6.45) is 1.90. The second kappa shape index (κ2) is 8.24. The van der Waals surface area contributed by atoms with Gasteiger partial charge < -0.3 is 5.11 Å². The Morgan fingerprint density at radius 1 is 1.11 bits per heavy atom. The van der Waals surface area contributed by atoms with Crippen LogP contribution >= 0.6 is 24.0 Å². The molecule has 1 fully saturated rings. The van der Waals surface area contributed by atoms with E-state index in [1.807, 2.05) is 0 Å². The van der Waals surface area contributed by atoms with Crippen molar-refractivity contribution in [2.24, 2.45) is 0 Å². The molecule has 1 saturated heterocycles. The first kappa shape index (κ1) is 20.2. The number of carbonyl (C=O) groups excluding carboxylic acids is 3. The van der Waals surface area contributed by atoms with Crippen molar-refractivity contribution in [2.45, 2.75) is 32.6 Å². The number of carboxylic acids is 1. The molecule has 0 spiro atoms. The van der Waals surface area contributed by atoms with Crippen LogP contribution in [0.3, 0.4) is 0 Å². The molecule has 0 bridgehead atoms. The van der Waals surface area contributed by atoms with E-state index in [4.69, 9.17) is 17.3 Å². The van der Waals surface area contributed by atoms with Crippen LogP contribution in [0.1, 0.15) is 38.2 Å². The Hall–Kier alpha value is -2.52. The van der Waals surface area contributed by atoms with Crippen LogP contribution in [0, 0.1) is 0 Å². The standard InChI is InChI=1S/C19H18N2O5S2/c1-11(22)21-13-8-5-4-7-12(13)15(17(21)25)16-18(26)20(19(27)28-16)10-6-2-3-9-14(23)24/h4-5,7-8H,2-3,6,9-10H2,1H3,(H,23,24). The molecule has 3 amide bonds. The highest BCUT2D eigenvalue weighted by molar-refractivity contribution is 8.26. The summed E-state index contributed by atoms with van der Waals surface area (Å²) in [5, 5.41) is 8.68. The van der Waals surface area contributed by atoms with Crippen molar-refractivity contribution >= 4 is 63.3 Å². The van der Waals surface area contributed by atoms with E-state index in [2.05, 4.69) is 0 Å². The maximum absolute atomic E-state index is 12.9. The van der Waals surface area contributed by atoms with E-state index < -0.39 is 17.8 Å². The predicted octanol–water partition coefficient (Wildman–Crippen LogP) is 2.80. The van der Waals surface area contributed by atoms with Crippen LogP contribution in [-0.2, 0) is 19.2 Å². The molecule has 2 heterocycles. The normalized spacial score (nSPS) is 18.8. The van der Waals surface area contributed by atoms with Gasteiger partial charge in [0.25, 0.3) is 11.8 Å². The molecule has 1 N–H and O–H groups in total. The molecule has 0 radical (unpaired) electrons. The third-order valence-corrected chi connectivity index (χ3v) is 5.94. The Balaban J connectivity index is 1.83. The Morgan fingerprint density at radius 2 is 1.82 bits per heavy atom. The van der Waals surface area contributed by atoms with Gasteiger partial charge in [-0.05, 0) is 18.9 Å². The van der Waals surface area contributed by atoms with Crippen molar-refractivity contribution in [3.05, 3.63) is 34.7 Å². The lowest BCUT2D eigenvalue weighted by Gasteiger charge is -2.14. The number of imide groups is 1. The van der Waals surface area contributed by atoms with E-state index in [0.717, 1.165) is 16.7 Å². The fraction of sp³-hybridized carbons (Fsp3) is 0.316. The van der Waals surface area contributed by atoms with Gasteiger partial charge in [-0.25, -0.2) is 4.90 Å². The number of unbranched alkanes of at least 4 members (excludes halogenated alkanes) is 2. The number of fused-ring (bicyclic) bond motifs is 1. The number of anilines is 1. The zero-order valence-corrected chi connectivity index (χ0v) is 16.8. The lowest BCUT2D eigenvalue weighted by Crippen LogP contribution is -2.32. The highest BCUT2D eigenvalue weighted by Crippen LogP contribution is 2.44. The summed E-state index contributed by atoms with van der Waals surface area (Å²) >= 11 is 6.38. The van der Waals surface area contributed by atoms with Crippen LogP contribution in [-0.4, -0.2) is 44.6 Å². The van der Waals surface area contributed by atoms with Gasteiger partial charge in [0.2, 0.25) is 5.91 Å². The highest BCUT2D eigenvalue weighted by Gasteiger charge is 2.42. The second-order valence-electron chi connectivity index (χ2n) is 6.41. The first-order chi connectivity index (χ1) is 13.3. The molecule has 2 aliphatic rings. The minimum atomic E-state index is -0.844. The molecule has 1 aromatic carbocycles. The molecule has 0 saturated carbocycles. The van der Waals surface area contributed by atoms with Crippen LogP contribution < -0.4 is 4.90 Å². The molecule has 1 aromatic rings. The number of benzene rings is 1. The number of rotatable bonds is 6.